The zero-order chi connectivity index (χ0) is 35.5. The normalized spacial score (nSPS) is 16.1. The van der Waals surface area contributed by atoms with Gasteiger partial charge in [-0.25, -0.2) is 4.79 Å². The lowest BCUT2D eigenvalue weighted by Gasteiger charge is -2.33. The number of likely N-dealkylation sites (tertiary alicyclic amines) is 2. The summed E-state index contributed by atoms with van der Waals surface area (Å²) in [4.78, 5) is 16.5. The summed E-state index contributed by atoms with van der Waals surface area (Å²) in [6.45, 7) is 10.9. The molecule has 0 bridgehead atoms. The van der Waals surface area contributed by atoms with Crippen molar-refractivity contribution in [3.8, 4) is 22.3 Å². The van der Waals surface area contributed by atoms with Crippen molar-refractivity contribution in [2.24, 2.45) is 23.3 Å². The van der Waals surface area contributed by atoms with Crippen molar-refractivity contribution in [3.05, 3.63) is 119 Å². The van der Waals surface area contributed by atoms with Gasteiger partial charge in [0, 0.05) is 26.2 Å². The molecule has 4 N–H and O–H groups in total. The molecule has 2 heterocycles. The lowest BCUT2D eigenvalue weighted by Crippen LogP contribution is -2.42. The Hall–Kier alpha value is -3.97. The monoisotopic (exact) mass is 674 g/mol. The average molecular weight is 675 g/mol. The first kappa shape index (κ1) is 37.3. The number of amides is 1. The molecule has 0 unspecified atom stereocenters. The molecule has 2 aliphatic heterocycles. The van der Waals surface area contributed by atoms with Crippen LogP contribution in [0, 0.1) is 11.8 Å². The largest absolute Gasteiger partial charge is 0.444 e. The highest BCUT2D eigenvalue weighted by molar-refractivity contribution is 5.68. The van der Waals surface area contributed by atoms with Gasteiger partial charge in [-0.2, -0.15) is 0 Å². The molecule has 0 aromatic heterocycles. The summed E-state index contributed by atoms with van der Waals surface area (Å²) in [5.41, 5.74) is 21.3. The SMILES string of the molecule is CC(C)(C)OC(=O)N1CCC(Cc2cccc(-c3cccc(CN)c3)c2)CC1.CN1CCC(Cc2cccc(-c3cccc(CN)c3)c2)CC1. The summed E-state index contributed by atoms with van der Waals surface area (Å²) in [6.07, 6.45) is 6.75. The third-order valence-corrected chi connectivity index (χ3v) is 10.00. The van der Waals surface area contributed by atoms with Gasteiger partial charge in [0.1, 0.15) is 5.60 Å². The molecular weight excluding hydrogens is 617 g/mol. The lowest BCUT2D eigenvalue weighted by atomic mass is 9.89. The maximum Gasteiger partial charge on any atom is 0.410 e. The number of carbonyl (C=O) groups excluding carboxylic acids is 1. The molecule has 1 amide bonds. The standard InChI is InChI=1S/C24H32N2O2.C20H26N2/c1-24(2,3)28-23(27)26-12-10-18(11-13-26)14-19-6-4-8-21(15-19)22-9-5-7-20(16-22)17-25;1-22-10-8-16(9-11-22)12-17-4-2-6-19(13-17)20-7-3-5-18(14-20)15-21/h4-9,15-16,18H,10-14,17,25H2,1-3H3;2-7,13-14,16H,8-12,15,21H2,1H3. The summed E-state index contributed by atoms with van der Waals surface area (Å²) in [5, 5.41) is 0. The van der Waals surface area contributed by atoms with Crippen molar-refractivity contribution >= 4 is 6.09 Å². The summed E-state index contributed by atoms with van der Waals surface area (Å²) in [7, 11) is 2.22. The Bertz CT molecular complexity index is 1660. The Labute approximate surface area is 300 Å². The number of hydrogen-bond acceptors (Lipinski definition) is 5. The zero-order valence-corrected chi connectivity index (χ0v) is 30.7. The van der Waals surface area contributed by atoms with Crippen LogP contribution in [0.25, 0.3) is 22.3 Å². The Morgan fingerprint density at radius 3 is 1.36 bits per heavy atom. The highest BCUT2D eigenvalue weighted by Crippen LogP contribution is 2.28. The van der Waals surface area contributed by atoms with Crippen LogP contribution in [0.15, 0.2) is 97.1 Å². The first-order valence-electron chi connectivity index (χ1n) is 18.5. The molecule has 50 heavy (non-hydrogen) atoms. The molecule has 266 valence electrons. The van der Waals surface area contributed by atoms with E-state index in [2.05, 4.69) is 109 Å². The Morgan fingerprint density at radius 1 is 0.620 bits per heavy atom. The molecule has 2 fully saturated rings. The topological polar surface area (TPSA) is 84.8 Å². The van der Waals surface area contributed by atoms with E-state index in [-0.39, 0.29) is 6.09 Å². The first-order valence-corrected chi connectivity index (χ1v) is 18.5. The number of rotatable bonds is 8. The van der Waals surface area contributed by atoms with Crippen LogP contribution in [0.4, 0.5) is 4.79 Å². The number of nitrogens with zero attached hydrogens (tertiary/aromatic N) is 2. The van der Waals surface area contributed by atoms with Gasteiger partial charge in [-0.05, 0) is 148 Å². The quantitative estimate of drug-likeness (QED) is 0.195. The maximum atomic E-state index is 12.2. The van der Waals surface area contributed by atoms with Crippen molar-refractivity contribution in [3.63, 3.8) is 0 Å². The van der Waals surface area contributed by atoms with Crippen LogP contribution >= 0.6 is 0 Å². The van der Waals surface area contributed by atoms with Crippen LogP contribution in [0.5, 0.6) is 0 Å². The van der Waals surface area contributed by atoms with Crippen LogP contribution in [-0.4, -0.2) is 54.7 Å². The van der Waals surface area contributed by atoms with Crippen molar-refractivity contribution in [2.45, 2.75) is 78.0 Å². The Balaban J connectivity index is 0.000000200. The number of hydrogen-bond donors (Lipinski definition) is 2. The van der Waals surface area contributed by atoms with Gasteiger partial charge in [0.25, 0.3) is 0 Å². The van der Waals surface area contributed by atoms with E-state index in [0.29, 0.717) is 19.0 Å². The Morgan fingerprint density at radius 2 is 0.980 bits per heavy atom. The Kier molecular flexibility index (Phi) is 13.3. The van der Waals surface area contributed by atoms with Crippen LogP contribution in [0.1, 0.15) is 68.7 Å². The van der Waals surface area contributed by atoms with Gasteiger partial charge in [-0.15, -0.1) is 0 Å². The number of nitrogens with two attached hydrogens (primary N) is 2. The number of ether oxygens (including phenoxy) is 1. The molecule has 4 aromatic carbocycles. The molecule has 6 nitrogen and oxygen atoms in total. The molecule has 0 saturated carbocycles. The molecule has 2 saturated heterocycles. The van der Waals surface area contributed by atoms with E-state index in [1.807, 2.05) is 25.7 Å². The molecular formula is C44H58N4O2. The van der Waals surface area contributed by atoms with Crippen LogP contribution < -0.4 is 11.5 Å². The minimum Gasteiger partial charge on any atom is -0.444 e. The molecule has 2 aliphatic rings. The van der Waals surface area contributed by atoms with Crippen LogP contribution in [0.2, 0.25) is 0 Å². The highest BCUT2D eigenvalue weighted by atomic mass is 16.6. The average Bonchev–Trinajstić information content (AvgIpc) is 3.13. The molecule has 4 aromatic rings. The second kappa shape index (κ2) is 17.8. The molecule has 0 atom stereocenters. The fourth-order valence-corrected chi connectivity index (χ4v) is 7.09. The summed E-state index contributed by atoms with van der Waals surface area (Å²) in [6, 6.07) is 34.8. The van der Waals surface area contributed by atoms with Gasteiger partial charge >= 0.3 is 6.09 Å². The van der Waals surface area contributed by atoms with Gasteiger partial charge in [-0.3, -0.25) is 0 Å². The van der Waals surface area contributed by atoms with E-state index in [0.717, 1.165) is 43.8 Å². The van der Waals surface area contributed by atoms with E-state index in [1.165, 1.54) is 71.3 Å². The number of piperidine rings is 2. The maximum absolute atomic E-state index is 12.2. The van der Waals surface area contributed by atoms with Gasteiger partial charge in [-0.1, -0.05) is 84.9 Å². The fraction of sp³-hybridized carbons (Fsp3) is 0.432. The summed E-state index contributed by atoms with van der Waals surface area (Å²) >= 11 is 0. The minimum atomic E-state index is -0.435. The predicted octanol–water partition coefficient (Wildman–Crippen LogP) is 8.70. The molecule has 6 heteroatoms. The molecule has 0 aliphatic carbocycles. The van der Waals surface area contributed by atoms with Crippen molar-refractivity contribution in [1.82, 2.24) is 9.80 Å². The third kappa shape index (κ3) is 11.3. The second-order valence-electron chi connectivity index (χ2n) is 15.3. The second-order valence-corrected chi connectivity index (χ2v) is 15.3. The lowest BCUT2D eigenvalue weighted by molar-refractivity contribution is 0.0184. The number of carbonyl (C=O) groups is 1. The molecule has 0 spiro atoms. The smallest absolute Gasteiger partial charge is 0.410 e. The van der Waals surface area contributed by atoms with Crippen molar-refractivity contribution in [2.75, 3.05) is 33.2 Å². The van der Waals surface area contributed by atoms with Crippen LogP contribution in [0.3, 0.4) is 0 Å². The third-order valence-electron chi connectivity index (χ3n) is 10.00. The van der Waals surface area contributed by atoms with Gasteiger partial charge < -0.3 is 26.0 Å². The van der Waals surface area contributed by atoms with Crippen molar-refractivity contribution in [1.29, 1.82) is 0 Å². The minimum absolute atomic E-state index is 0.187. The summed E-state index contributed by atoms with van der Waals surface area (Å²) in [5.74, 6) is 1.44. The van der Waals surface area contributed by atoms with Gasteiger partial charge in [0.05, 0.1) is 0 Å². The van der Waals surface area contributed by atoms with E-state index >= 15 is 0 Å². The first-order chi connectivity index (χ1) is 24.1. The van der Waals surface area contributed by atoms with Gasteiger partial charge in [0.2, 0.25) is 0 Å². The van der Waals surface area contributed by atoms with E-state index in [4.69, 9.17) is 16.2 Å². The zero-order valence-electron chi connectivity index (χ0n) is 30.7. The highest BCUT2D eigenvalue weighted by Gasteiger charge is 2.27. The fourth-order valence-electron chi connectivity index (χ4n) is 7.09. The van der Waals surface area contributed by atoms with E-state index in [1.54, 1.807) is 0 Å². The predicted molar refractivity (Wildman–Crippen MR) is 208 cm³/mol. The van der Waals surface area contributed by atoms with Gasteiger partial charge in [0.15, 0.2) is 0 Å². The van der Waals surface area contributed by atoms with Crippen molar-refractivity contribution < 1.29 is 9.53 Å². The number of benzene rings is 4. The molecule has 0 radical (unpaired) electrons. The van der Waals surface area contributed by atoms with E-state index < -0.39 is 5.60 Å². The van der Waals surface area contributed by atoms with E-state index in [9.17, 15) is 4.79 Å². The molecule has 6 rings (SSSR count). The van der Waals surface area contributed by atoms with Crippen LogP contribution in [-0.2, 0) is 30.7 Å². The summed E-state index contributed by atoms with van der Waals surface area (Å²) < 4.78 is 5.49.